The molecule has 0 N–H and O–H groups in total. The fourth-order valence-electron chi connectivity index (χ4n) is 3.49. The monoisotopic (exact) mass is 392 g/mol. The largest absolute Gasteiger partial charge is 0.289 e. The van der Waals surface area contributed by atoms with Gasteiger partial charge in [-0.1, -0.05) is 78.9 Å². The molecule has 3 nitrogen and oxygen atoms in total. The first kappa shape index (κ1) is 21.0. The minimum atomic E-state index is -0.0891. The Hall–Kier alpha value is -3.69. The summed E-state index contributed by atoms with van der Waals surface area (Å²) in [5.74, 6) is -0.155. The van der Waals surface area contributed by atoms with Crippen LogP contribution in [0.2, 0.25) is 0 Å². The van der Waals surface area contributed by atoms with Crippen molar-refractivity contribution in [3.8, 4) is 23.3 Å². The van der Waals surface area contributed by atoms with Crippen LogP contribution in [0.1, 0.15) is 41.3 Å². The Morgan fingerprint density at radius 1 is 0.800 bits per heavy atom. The van der Waals surface area contributed by atoms with E-state index < -0.39 is 0 Å². The summed E-state index contributed by atoms with van der Waals surface area (Å²) in [7, 11) is 0. The molecule has 0 aliphatic carbocycles. The van der Waals surface area contributed by atoms with Gasteiger partial charge in [-0.3, -0.25) is 4.79 Å². The molecule has 2 atom stereocenters. The van der Waals surface area contributed by atoms with Crippen LogP contribution in [0.5, 0.6) is 0 Å². The van der Waals surface area contributed by atoms with Crippen LogP contribution in [0.15, 0.2) is 78.9 Å². The smallest absolute Gasteiger partial charge is 0.193 e. The third-order valence-corrected chi connectivity index (χ3v) is 5.29. The lowest BCUT2D eigenvalue weighted by Gasteiger charge is -2.10. The molecule has 0 radical (unpaired) electrons. The molecule has 2 unspecified atom stereocenters. The number of carbonyl (C=O) groups excluding carboxylic acids is 1. The first-order valence-corrected chi connectivity index (χ1v) is 10.2. The van der Waals surface area contributed by atoms with Gasteiger partial charge in [0.05, 0.1) is 12.1 Å². The molecule has 0 bridgehead atoms. The first-order valence-electron chi connectivity index (χ1n) is 10.2. The van der Waals surface area contributed by atoms with Crippen LogP contribution in [0, 0.1) is 34.5 Å². The van der Waals surface area contributed by atoms with Crippen LogP contribution >= 0.6 is 0 Å². The lowest BCUT2D eigenvalue weighted by molar-refractivity contribution is 0.103. The zero-order valence-electron chi connectivity index (χ0n) is 17.1. The van der Waals surface area contributed by atoms with Crippen molar-refractivity contribution in [1.29, 1.82) is 10.5 Å². The predicted molar refractivity (Wildman–Crippen MR) is 119 cm³/mol. The van der Waals surface area contributed by atoms with Gasteiger partial charge in [-0.2, -0.15) is 10.5 Å². The summed E-state index contributed by atoms with van der Waals surface area (Å²) in [5, 5.41) is 18.2. The Bertz CT molecular complexity index is 1060. The topological polar surface area (TPSA) is 64.7 Å². The Balaban J connectivity index is 1.63. The molecule has 148 valence electrons. The second-order valence-electron chi connectivity index (χ2n) is 7.60. The average Bonchev–Trinajstić information content (AvgIpc) is 2.82. The van der Waals surface area contributed by atoms with Crippen molar-refractivity contribution in [3.05, 3.63) is 95.6 Å². The van der Waals surface area contributed by atoms with E-state index in [1.807, 2.05) is 61.5 Å². The summed E-state index contributed by atoms with van der Waals surface area (Å²) in [4.78, 5) is 12.5. The highest BCUT2D eigenvalue weighted by atomic mass is 16.1. The normalized spacial score (nSPS) is 12.4. The molecule has 3 rings (SSSR count). The summed E-state index contributed by atoms with van der Waals surface area (Å²) in [5.41, 5.74) is 4.70. The lowest BCUT2D eigenvalue weighted by Crippen LogP contribution is -2.04. The van der Waals surface area contributed by atoms with E-state index in [0.717, 1.165) is 24.0 Å². The highest BCUT2D eigenvalue weighted by Crippen LogP contribution is 2.23. The Morgan fingerprint density at radius 3 is 1.93 bits per heavy atom. The van der Waals surface area contributed by atoms with Gasteiger partial charge in [-0.05, 0) is 42.9 Å². The van der Waals surface area contributed by atoms with Crippen LogP contribution < -0.4 is 0 Å². The van der Waals surface area contributed by atoms with Crippen molar-refractivity contribution in [2.75, 3.05) is 0 Å². The fourth-order valence-corrected chi connectivity index (χ4v) is 3.49. The SMILES string of the molecule is CC(C#N)CC(C#N)CCc1ccc(-c2ccc(C(=O)c3ccccc3)cc2)cc1. The Labute approximate surface area is 178 Å². The van der Waals surface area contributed by atoms with Gasteiger partial charge in [-0.15, -0.1) is 0 Å². The summed E-state index contributed by atoms with van der Waals surface area (Å²) in [6.45, 7) is 1.86. The minimum Gasteiger partial charge on any atom is -0.289 e. The number of benzene rings is 3. The number of ketones is 1. The zero-order valence-corrected chi connectivity index (χ0v) is 17.1. The van der Waals surface area contributed by atoms with Gasteiger partial charge in [0.2, 0.25) is 0 Å². The summed E-state index contributed by atoms with van der Waals surface area (Å²) >= 11 is 0. The van der Waals surface area contributed by atoms with E-state index in [1.54, 1.807) is 0 Å². The third-order valence-electron chi connectivity index (χ3n) is 5.29. The number of carbonyl (C=O) groups is 1. The van der Waals surface area contributed by atoms with Crippen LogP contribution in [0.25, 0.3) is 11.1 Å². The maximum atomic E-state index is 12.5. The molecule has 30 heavy (non-hydrogen) atoms. The van der Waals surface area contributed by atoms with Crippen molar-refractivity contribution in [2.45, 2.75) is 26.2 Å². The van der Waals surface area contributed by atoms with Crippen molar-refractivity contribution in [1.82, 2.24) is 0 Å². The van der Waals surface area contributed by atoms with Crippen LogP contribution in [-0.4, -0.2) is 5.78 Å². The number of hydrogen-bond acceptors (Lipinski definition) is 3. The summed E-state index contributed by atoms with van der Waals surface area (Å²) in [6.07, 6.45) is 2.21. The number of aryl methyl sites for hydroxylation is 1. The standard InChI is InChI=1S/C27H24N2O/c1-20(18-28)17-22(19-29)8-7-21-9-11-23(12-10-21)24-13-15-26(16-14-24)27(30)25-5-3-2-4-6-25/h2-6,9-16,20,22H,7-8,17H2,1H3. The van der Waals surface area contributed by atoms with Gasteiger partial charge >= 0.3 is 0 Å². The molecule has 0 aliphatic rings. The van der Waals surface area contributed by atoms with Crippen LogP contribution in [-0.2, 0) is 6.42 Å². The van der Waals surface area contributed by atoms with Gasteiger partial charge in [0.15, 0.2) is 5.78 Å². The van der Waals surface area contributed by atoms with E-state index in [-0.39, 0.29) is 17.6 Å². The molecule has 0 saturated carbocycles. The average molecular weight is 393 g/mol. The molecule has 0 heterocycles. The van der Waals surface area contributed by atoms with Crippen molar-refractivity contribution in [3.63, 3.8) is 0 Å². The van der Waals surface area contributed by atoms with E-state index in [9.17, 15) is 10.1 Å². The summed E-state index contributed by atoms with van der Waals surface area (Å²) in [6, 6.07) is 29.8. The fraction of sp³-hybridized carbons (Fsp3) is 0.222. The molecule has 0 aliphatic heterocycles. The Kier molecular flexibility index (Phi) is 7.14. The molecular weight excluding hydrogens is 368 g/mol. The predicted octanol–water partition coefficient (Wildman–Crippen LogP) is 6.21. The maximum absolute atomic E-state index is 12.5. The third kappa shape index (κ3) is 5.43. The van der Waals surface area contributed by atoms with Gasteiger partial charge in [0.25, 0.3) is 0 Å². The van der Waals surface area contributed by atoms with Crippen LogP contribution in [0.4, 0.5) is 0 Å². The molecule has 3 aromatic carbocycles. The molecule has 0 saturated heterocycles. The Morgan fingerprint density at radius 2 is 1.37 bits per heavy atom. The van der Waals surface area contributed by atoms with Gasteiger partial charge < -0.3 is 0 Å². The van der Waals surface area contributed by atoms with E-state index >= 15 is 0 Å². The van der Waals surface area contributed by atoms with Crippen molar-refractivity contribution >= 4 is 5.78 Å². The summed E-state index contributed by atoms with van der Waals surface area (Å²) < 4.78 is 0. The minimum absolute atomic E-state index is 0.0234. The first-order chi connectivity index (χ1) is 14.6. The van der Waals surface area contributed by atoms with E-state index in [1.165, 1.54) is 5.56 Å². The van der Waals surface area contributed by atoms with Crippen molar-refractivity contribution in [2.24, 2.45) is 11.8 Å². The van der Waals surface area contributed by atoms with Gasteiger partial charge in [0.1, 0.15) is 0 Å². The second kappa shape index (κ2) is 10.2. The molecule has 3 aromatic rings. The molecule has 0 amide bonds. The quantitative estimate of drug-likeness (QED) is 0.428. The van der Waals surface area contributed by atoms with Crippen LogP contribution in [0.3, 0.4) is 0 Å². The highest BCUT2D eigenvalue weighted by Gasteiger charge is 2.12. The number of nitriles is 2. The molecule has 0 fully saturated rings. The molecule has 0 spiro atoms. The van der Waals surface area contributed by atoms with Gasteiger partial charge in [-0.25, -0.2) is 0 Å². The maximum Gasteiger partial charge on any atom is 0.193 e. The number of hydrogen-bond donors (Lipinski definition) is 0. The molecular formula is C27H24N2O. The number of rotatable bonds is 8. The second-order valence-corrected chi connectivity index (χ2v) is 7.60. The zero-order chi connectivity index (χ0) is 21.3. The lowest BCUT2D eigenvalue weighted by atomic mass is 9.92. The van der Waals surface area contributed by atoms with E-state index in [0.29, 0.717) is 17.5 Å². The molecule has 3 heteroatoms. The van der Waals surface area contributed by atoms with E-state index in [4.69, 9.17) is 5.26 Å². The molecule has 0 aromatic heterocycles. The van der Waals surface area contributed by atoms with Gasteiger partial charge in [0, 0.05) is 23.0 Å². The highest BCUT2D eigenvalue weighted by molar-refractivity contribution is 6.09. The van der Waals surface area contributed by atoms with E-state index in [2.05, 4.69) is 36.4 Å². The number of nitrogens with zero attached hydrogens (tertiary/aromatic N) is 2. The van der Waals surface area contributed by atoms with Crippen molar-refractivity contribution < 1.29 is 4.79 Å².